The quantitative estimate of drug-likeness (QED) is 0.781. The molecule has 0 spiro atoms. The molecule has 0 aliphatic heterocycles. The molecule has 4 nitrogen and oxygen atoms in total. The standard InChI is InChI=1S/C16H18N2O2/c1-11-14(6-3-7-15(11)18-9-8-17)12-4-2-5-13(10-12)16(19)20/h2-7,10,18H,8-9,17H2,1H3,(H,19,20). The molecule has 0 heterocycles. The fourth-order valence-electron chi connectivity index (χ4n) is 2.17. The minimum absolute atomic E-state index is 0.294. The molecule has 2 aromatic carbocycles. The molecule has 20 heavy (non-hydrogen) atoms. The monoisotopic (exact) mass is 270 g/mol. The summed E-state index contributed by atoms with van der Waals surface area (Å²) in [5.74, 6) is -0.915. The van der Waals surface area contributed by atoms with Crippen molar-refractivity contribution in [3.63, 3.8) is 0 Å². The molecule has 0 aromatic heterocycles. The minimum Gasteiger partial charge on any atom is -0.478 e. The van der Waals surface area contributed by atoms with Crippen LogP contribution in [0.5, 0.6) is 0 Å². The Balaban J connectivity index is 2.42. The fourth-order valence-corrected chi connectivity index (χ4v) is 2.17. The molecule has 0 aliphatic rings. The van der Waals surface area contributed by atoms with Gasteiger partial charge < -0.3 is 16.2 Å². The van der Waals surface area contributed by atoms with E-state index in [1.54, 1.807) is 18.2 Å². The maximum Gasteiger partial charge on any atom is 0.335 e. The van der Waals surface area contributed by atoms with Crippen LogP contribution in [0.1, 0.15) is 15.9 Å². The highest BCUT2D eigenvalue weighted by Gasteiger charge is 2.08. The van der Waals surface area contributed by atoms with Crippen LogP contribution in [0.15, 0.2) is 42.5 Å². The molecular formula is C16H18N2O2. The van der Waals surface area contributed by atoms with Crippen LogP contribution < -0.4 is 11.1 Å². The Morgan fingerprint density at radius 3 is 2.70 bits per heavy atom. The Labute approximate surface area is 118 Å². The predicted octanol–water partition coefficient (Wildman–Crippen LogP) is 2.73. The van der Waals surface area contributed by atoms with Crippen LogP contribution in [0, 0.1) is 6.92 Å². The van der Waals surface area contributed by atoms with Gasteiger partial charge in [0.1, 0.15) is 0 Å². The van der Waals surface area contributed by atoms with Crippen LogP contribution >= 0.6 is 0 Å². The third-order valence-corrected chi connectivity index (χ3v) is 3.21. The molecule has 0 atom stereocenters. The highest BCUT2D eigenvalue weighted by Crippen LogP contribution is 2.29. The van der Waals surface area contributed by atoms with Crippen molar-refractivity contribution < 1.29 is 9.90 Å². The molecule has 4 heteroatoms. The first-order chi connectivity index (χ1) is 9.63. The molecule has 0 amide bonds. The van der Waals surface area contributed by atoms with E-state index in [-0.39, 0.29) is 0 Å². The Hall–Kier alpha value is -2.33. The second-order valence-electron chi connectivity index (χ2n) is 4.58. The largest absolute Gasteiger partial charge is 0.478 e. The zero-order chi connectivity index (χ0) is 14.5. The normalized spacial score (nSPS) is 10.3. The summed E-state index contributed by atoms with van der Waals surface area (Å²) in [6.45, 7) is 3.29. The molecule has 104 valence electrons. The van der Waals surface area contributed by atoms with E-state index in [0.29, 0.717) is 18.7 Å². The summed E-state index contributed by atoms with van der Waals surface area (Å²) < 4.78 is 0. The first kappa shape index (κ1) is 14.1. The number of rotatable bonds is 5. The number of carboxylic acid groups (broad SMARTS) is 1. The van der Waals surface area contributed by atoms with Gasteiger partial charge in [0.2, 0.25) is 0 Å². The van der Waals surface area contributed by atoms with Gasteiger partial charge in [0.15, 0.2) is 0 Å². The second-order valence-corrected chi connectivity index (χ2v) is 4.58. The Morgan fingerprint density at radius 2 is 2.00 bits per heavy atom. The number of nitrogens with one attached hydrogen (secondary N) is 1. The molecule has 0 bridgehead atoms. The lowest BCUT2D eigenvalue weighted by atomic mass is 9.97. The summed E-state index contributed by atoms with van der Waals surface area (Å²) in [4.78, 5) is 11.1. The zero-order valence-corrected chi connectivity index (χ0v) is 11.4. The van der Waals surface area contributed by atoms with Gasteiger partial charge in [-0.05, 0) is 41.8 Å². The molecule has 0 aliphatic carbocycles. The van der Waals surface area contributed by atoms with Crippen LogP contribution in [0.4, 0.5) is 5.69 Å². The molecule has 2 rings (SSSR count). The molecule has 0 saturated heterocycles. The van der Waals surface area contributed by atoms with E-state index in [4.69, 9.17) is 10.8 Å². The fraction of sp³-hybridized carbons (Fsp3) is 0.188. The number of carboxylic acids is 1. The number of hydrogen-bond donors (Lipinski definition) is 3. The summed E-state index contributed by atoms with van der Waals surface area (Å²) in [6.07, 6.45) is 0. The Bertz CT molecular complexity index is 624. The summed E-state index contributed by atoms with van der Waals surface area (Å²) in [5, 5.41) is 12.3. The molecule has 0 fully saturated rings. The number of aromatic carboxylic acids is 1. The summed E-state index contributed by atoms with van der Waals surface area (Å²) >= 11 is 0. The van der Waals surface area contributed by atoms with Crippen molar-refractivity contribution in [3.8, 4) is 11.1 Å². The van der Waals surface area contributed by atoms with Gasteiger partial charge in [0, 0.05) is 18.8 Å². The summed E-state index contributed by atoms with van der Waals surface area (Å²) in [5.41, 5.74) is 9.83. The van der Waals surface area contributed by atoms with Crippen molar-refractivity contribution in [3.05, 3.63) is 53.6 Å². The van der Waals surface area contributed by atoms with Gasteiger partial charge in [-0.3, -0.25) is 0 Å². The number of carbonyl (C=O) groups is 1. The van der Waals surface area contributed by atoms with Crippen molar-refractivity contribution in [2.45, 2.75) is 6.92 Å². The third kappa shape index (κ3) is 2.97. The maximum absolute atomic E-state index is 11.1. The van der Waals surface area contributed by atoms with Crippen LogP contribution in [0.25, 0.3) is 11.1 Å². The van der Waals surface area contributed by atoms with Gasteiger partial charge in [-0.1, -0.05) is 24.3 Å². The Kier molecular flexibility index (Phi) is 4.38. The van der Waals surface area contributed by atoms with Crippen LogP contribution in [-0.2, 0) is 0 Å². The van der Waals surface area contributed by atoms with Crippen LogP contribution in [0.2, 0.25) is 0 Å². The Morgan fingerprint density at radius 1 is 1.25 bits per heavy atom. The van der Waals surface area contributed by atoms with Crippen LogP contribution in [-0.4, -0.2) is 24.2 Å². The molecule has 2 aromatic rings. The zero-order valence-electron chi connectivity index (χ0n) is 11.4. The molecular weight excluding hydrogens is 252 g/mol. The lowest BCUT2D eigenvalue weighted by Gasteiger charge is -2.13. The van der Waals surface area contributed by atoms with E-state index in [9.17, 15) is 4.79 Å². The number of anilines is 1. The van der Waals surface area contributed by atoms with Crippen molar-refractivity contribution in [1.29, 1.82) is 0 Å². The van der Waals surface area contributed by atoms with Gasteiger partial charge in [-0.25, -0.2) is 4.79 Å². The van der Waals surface area contributed by atoms with Gasteiger partial charge in [-0.15, -0.1) is 0 Å². The van der Waals surface area contributed by atoms with E-state index in [2.05, 4.69) is 5.32 Å². The maximum atomic E-state index is 11.1. The second kappa shape index (κ2) is 6.21. The molecule has 0 radical (unpaired) electrons. The predicted molar refractivity (Wildman–Crippen MR) is 81.1 cm³/mol. The molecule has 0 unspecified atom stereocenters. The van der Waals surface area contributed by atoms with Crippen molar-refractivity contribution in [2.75, 3.05) is 18.4 Å². The van der Waals surface area contributed by atoms with Gasteiger partial charge in [0.05, 0.1) is 5.56 Å². The van der Waals surface area contributed by atoms with E-state index in [1.165, 1.54) is 0 Å². The lowest BCUT2D eigenvalue weighted by molar-refractivity contribution is 0.0697. The average molecular weight is 270 g/mol. The number of nitrogens with two attached hydrogens (primary N) is 1. The van der Waals surface area contributed by atoms with Gasteiger partial charge >= 0.3 is 5.97 Å². The summed E-state index contributed by atoms with van der Waals surface area (Å²) in [6, 6.07) is 12.9. The van der Waals surface area contributed by atoms with E-state index >= 15 is 0 Å². The molecule has 4 N–H and O–H groups in total. The average Bonchev–Trinajstić information content (AvgIpc) is 2.46. The van der Waals surface area contributed by atoms with Crippen molar-refractivity contribution >= 4 is 11.7 Å². The van der Waals surface area contributed by atoms with E-state index < -0.39 is 5.97 Å². The number of hydrogen-bond acceptors (Lipinski definition) is 3. The SMILES string of the molecule is Cc1c(NCCN)cccc1-c1cccc(C(=O)O)c1. The smallest absolute Gasteiger partial charge is 0.335 e. The highest BCUT2D eigenvalue weighted by molar-refractivity contribution is 5.89. The topological polar surface area (TPSA) is 75.3 Å². The van der Waals surface area contributed by atoms with Gasteiger partial charge in [-0.2, -0.15) is 0 Å². The first-order valence-corrected chi connectivity index (χ1v) is 6.50. The van der Waals surface area contributed by atoms with Crippen LogP contribution in [0.3, 0.4) is 0 Å². The third-order valence-electron chi connectivity index (χ3n) is 3.21. The van der Waals surface area contributed by atoms with Crippen molar-refractivity contribution in [1.82, 2.24) is 0 Å². The lowest BCUT2D eigenvalue weighted by Crippen LogP contribution is -2.13. The van der Waals surface area contributed by atoms with Gasteiger partial charge in [0.25, 0.3) is 0 Å². The van der Waals surface area contributed by atoms with E-state index in [1.807, 2.05) is 31.2 Å². The van der Waals surface area contributed by atoms with E-state index in [0.717, 1.165) is 22.4 Å². The number of benzene rings is 2. The summed E-state index contributed by atoms with van der Waals surface area (Å²) in [7, 11) is 0. The highest BCUT2D eigenvalue weighted by atomic mass is 16.4. The molecule has 0 saturated carbocycles. The first-order valence-electron chi connectivity index (χ1n) is 6.50. The van der Waals surface area contributed by atoms with Crippen molar-refractivity contribution in [2.24, 2.45) is 5.73 Å². The minimum atomic E-state index is -0.915.